The molecule has 172 valence electrons. The van der Waals surface area contributed by atoms with Crippen molar-refractivity contribution in [1.82, 2.24) is 14.8 Å². The third kappa shape index (κ3) is 4.08. The Morgan fingerprint density at radius 1 is 1.12 bits per heavy atom. The first kappa shape index (κ1) is 21.8. The van der Waals surface area contributed by atoms with Gasteiger partial charge in [0.1, 0.15) is 17.0 Å². The zero-order valence-corrected chi connectivity index (χ0v) is 19.5. The van der Waals surface area contributed by atoms with Gasteiger partial charge in [0.25, 0.3) is 5.91 Å². The average Bonchev–Trinajstić information content (AvgIpc) is 3.47. The minimum Gasteiger partial charge on any atom is -0.463 e. The second kappa shape index (κ2) is 8.75. The Morgan fingerprint density at radius 2 is 1.91 bits per heavy atom. The van der Waals surface area contributed by atoms with Gasteiger partial charge in [-0.3, -0.25) is 9.59 Å². The minimum atomic E-state index is -1.07. The standard InChI is InChI=1S/C26H28ClN3O3/c1-26(25(32)28-20-9-3-2-4-10-20)17-29-21(23-11-6-14-33-23)12-13-22(29)24(31)30(26)16-18-7-5-8-19(27)15-18/h5-8,11-15,20H,2-4,9-10,16-17H2,1H3,(H,28,32)/t26-/m0/s1. The van der Waals surface area contributed by atoms with Gasteiger partial charge in [0.05, 0.1) is 18.5 Å². The van der Waals surface area contributed by atoms with Crippen LogP contribution >= 0.6 is 11.6 Å². The van der Waals surface area contributed by atoms with Crippen LogP contribution in [0.4, 0.5) is 0 Å². The summed E-state index contributed by atoms with van der Waals surface area (Å²) < 4.78 is 7.52. The monoisotopic (exact) mass is 465 g/mol. The molecule has 3 aromatic rings. The maximum Gasteiger partial charge on any atom is 0.271 e. The predicted octanol–water partition coefficient (Wildman–Crippen LogP) is 5.27. The van der Waals surface area contributed by atoms with Crippen molar-refractivity contribution in [3.05, 3.63) is 71.1 Å². The summed E-state index contributed by atoms with van der Waals surface area (Å²) in [5.74, 6) is 0.377. The smallest absolute Gasteiger partial charge is 0.271 e. The number of halogens is 1. The van der Waals surface area contributed by atoms with E-state index in [-0.39, 0.29) is 17.9 Å². The summed E-state index contributed by atoms with van der Waals surface area (Å²) in [5, 5.41) is 3.86. The van der Waals surface area contributed by atoms with Crippen LogP contribution in [0.15, 0.2) is 59.2 Å². The molecule has 1 saturated carbocycles. The van der Waals surface area contributed by atoms with Crippen LogP contribution in [0.3, 0.4) is 0 Å². The SMILES string of the molecule is C[C@@]1(C(=O)NC2CCCCC2)Cn2c(ccc2-c2ccco2)C(=O)N1Cc1cccc(Cl)c1. The summed E-state index contributed by atoms with van der Waals surface area (Å²) in [7, 11) is 0. The van der Waals surface area contributed by atoms with E-state index in [0.717, 1.165) is 36.9 Å². The molecule has 0 unspecified atom stereocenters. The molecule has 2 aromatic heterocycles. The van der Waals surface area contributed by atoms with Gasteiger partial charge in [-0.25, -0.2) is 0 Å². The van der Waals surface area contributed by atoms with Crippen LogP contribution in [0.1, 0.15) is 55.1 Å². The number of hydrogen-bond acceptors (Lipinski definition) is 3. The van der Waals surface area contributed by atoms with Crippen molar-refractivity contribution in [3.8, 4) is 11.5 Å². The lowest BCUT2D eigenvalue weighted by Gasteiger charge is -2.45. The minimum absolute atomic E-state index is 0.116. The van der Waals surface area contributed by atoms with Crippen LogP contribution in [0, 0.1) is 0 Å². The Balaban J connectivity index is 1.53. The second-order valence-corrected chi connectivity index (χ2v) is 9.71. The highest BCUT2D eigenvalue weighted by Crippen LogP contribution is 2.35. The van der Waals surface area contributed by atoms with E-state index in [4.69, 9.17) is 16.0 Å². The molecular weight excluding hydrogens is 438 g/mol. The van der Waals surface area contributed by atoms with Crippen LogP contribution in [-0.2, 0) is 17.9 Å². The van der Waals surface area contributed by atoms with Gasteiger partial charge in [0, 0.05) is 17.6 Å². The summed E-state index contributed by atoms with van der Waals surface area (Å²) in [5.41, 5.74) is 1.16. The van der Waals surface area contributed by atoms with Crippen LogP contribution in [0.2, 0.25) is 5.02 Å². The lowest BCUT2D eigenvalue weighted by molar-refractivity contribution is -0.134. The molecule has 1 aliphatic heterocycles. The number of aromatic nitrogens is 1. The zero-order chi connectivity index (χ0) is 23.0. The number of nitrogens with zero attached hydrogens (tertiary/aromatic N) is 2. The van der Waals surface area contributed by atoms with Gasteiger partial charge in [-0.15, -0.1) is 0 Å². The molecule has 33 heavy (non-hydrogen) atoms. The largest absolute Gasteiger partial charge is 0.463 e. The van der Waals surface area contributed by atoms with Crippen LogP contribution in [0.5, 0.6) is 0 Å². The number of benzene rings is 1. The molecular formula is C26H28ClN3O3. The normalized spacial score (nSPS) is 21.2. The summed E-state index contributed by atoms with van der Waals surface area (Å²) in [6.07, 6.45) is 7.03. The summed E-state index contributed by atoms with van der Waals surface area (Å²) in [4.78, 5) is 29.2. The Kier molecular flexibility index (Phi) is 5.79. The maximum absolute atomic E-state index is 13.8. The molecule has 0 radical (unpaired) electrons. The van der Waals surface area contributed by atoms with Gasteiger partial charge in [0.2, 0.25) is 5.91 Å². The molecule has 3 heterocycles. The second-order valence-electron chi connectivity index (χ2n) is 9.27. The van der Waals surface area contributed by atoms with Crippen molar-refractivity contribution in [2.75, 3.05) is 0 Å². The third-order valence-corrected chi connectivity index (χ3v) is 7.17. The zero-order valence-electron chi connectivity index (χ0n) is 18.7. The van der Waals surface area contributed by atoms with E-state index in [1.54, 1.807) is 17.2 Å². The van der Waals surface area contributed by atoms with Crippen molar-refractivity contribution in [2.45, 2.75) is 63.7 Å². The first-order valence-electron chi connectivity index (χ1n) is 11.6. The van der Waals surface area contributed by atoms with Gasteiger partial charge in [-0.2, -0.15) is 0 Å². The lowest BCUT2D eigenvalue weighted by atomic mass is 9.91. The van der Waals surface area contributed by atoms with Gasteiger partial charge >= 0.3 is 0 Å². The van der Waals surface area contributed by atoms with E-state index in [2.05, 4.69) is 5.32 Å². The van der Waals surface area contributed by atoms with Crippen molar-refractivity contribution in [1.29, 1.82) is 0 Å². The highest BCUT2D eigenvalue weighted by atomic mass is 35.5. The van der Waals surface area contributed by atoms with Crippen molar-refractivity contribution in [3.63, 3.8) is 0 Å². The van der Waals surface area contributed by atoms with Gasteiger partial charge in [0.15, 0.2) is 0 Å². The molecule has 0 saturated heterocycles. The molecule has 5 rings (SSSR count). The number of carbonyl (C=O) groups excluding carboxylic acids is 2. The molecule has 0 bridgehead atoms. The molecule has 2 amide bonds. The highest BCUT2D eigenvalue weighted by molar-refractivity contribution is 6.30. The average molecular weight is 466 g/mol. The number of amides is 2. The fraction of sp³-hybridized carbons (Fsp3) is 0.385. The number of rotatable bonds is 5. The summed E-state index contributed by atoms with van der Waals surface area (Å²) in [6.45, 7) is 2.51. The van der Waals surface area contributed by atoms with Crippen LogP contribution in [-0.4, -0.2) is 32.9 Å². The number of fused-ring (bicyclic) bond motifs is 1. The molecule has 1 fully saturated rings. The van der Waals surface area contributed by atoms with E-state index in [0.29, 0.717) is 29.6 Å². The fourth-order valence-corrected chi connectivity index (χ4v) is 5.28. The molecule has 0 spiro atoms. The van der Waals surface area contributed by atoms with E-state index in [1.165, 1.54) is 6.42 Å². The Morgan fingerprint density at radius 3 is 2.64 bits per heavy atom. The first-order chi connectivity index (χ1) is 16.0. The van der Waals surface area contributed by atoms with Gasteiger partial charge < -0.3 is 19.2 Å². The molecule has 6 nitrogen and oxygen atoms in total. The Bertz CT molecular complexity index is 1160. The molecule has 1 aliphatic carbocycles. The summed E-state index contributed by atoms with van der Waals surface area (Å²) >= 11 is 6.21. The molecule has 2 aliphatic rings. The first-order valence-corrected chi connectivity index (χ1v) is 11.9. The quantitative estimate of drug-likeness (QED) is 0.558. The summed E-state index contributed by atoms with van der Waals surface area (Å²) in [6, 6.07) is 15.0. The highest BCUT2D eigenvalue weighted by Gasteiger charge is 2.48. The number of nitrogens with one attached hydrogen (secondary N) is 1. The molecule has 1 N–H and O–H groups in total. The fourth-order valence-electron chi connectivity index (χ4n) is 5.07. The maximum atomic E-state index is 13.8. The Labute approximate surface area is 198 Å². The van der Waals surface area contributed by atoms with Crippen LogP contribution < -0.4 is 5.32 Å². The number of furan rings is 1. The van der Waals surface area contributed by atoms with E-state index in [9.17, 15) is 9.59 Å². The van der Waals surface area contributed by atoms with E-state index >= 15 is 0 Å². The van der Waals surface area contributed by atoms with E-state index < -0.39 is 5.54 Å². The predicted molar refractivity (Wildman–Crippen MR) is 127 cm³/mol. The van der Waals surface area contributed by atoms with Gasteiger partial charge in [-0.1, -0.05) is 43.0 Å². The third-order valence-electron chi connectivity index (χ3n) is 6.94. The van der Waals surface area contributed by atoms with Gasteiger partial charge in [-0.05, 0) is 61.7 Å². The molecule has 7 heteroatoms. The molecule has 1 atom stereocenters. The van der Waals surface area contributed by atoms with Crippen LogP contribution in [0.25, 0.3) is 11.5 Å². The number of hydrogen-bond donors (Lipinski definition) is 1. The topological polar surface area (TPSA) is 67.5 Å². The van der Waals surface area contributed by atoms with Crippen molar-refractivity contribution in [2.24, 2.45) is 0 Å². The molecule has 1 aromatic carbocycles. The lowest BCUT2D eigenvalue weighted by Crippen LogP contribution is -2.64. The van der Waals surface area contributed by atoms with E-state index in [1.807, 2.05) is 54.0 Å². The van der Waals surface area contributed by atoms with Crippen molar-refractivity contribution >= 4 is 23.4 Å². The number of carbonyl (C=O) groups is 2. The Hall–Kier alpha value is -2.99. The van der Waals surface area contributed by atoms with Crippen molar-refractivity contribution < 1.29 is 14.0 Å².